The Morgan fingerprint density at radius 2 is 1.81 bits per heavy atom. The molecular formula is C17H13NO5S3. The van der Waals surface area contributed by atoms with Gasteiger partial charge in [0, 0.05) is 5.56 Å². The van der Waals surface area contributed by atoms with Gasteiger partial charge in [-0.15, -0.1) is 0 Å². The third kappa shape index (κ3) is 4.06. The first kappa shape index (κ1) is 18.4. The summed E-state index contributed by atoms with van der Waals surface area (Å²) < 4.78 is 35.7. The maximum atomic E-state index is 12.5. The molecule has 0 spiro atoms. The van der Waals surface area contributed by atoms with Crippen LogP contribution in [0.3, 0.4) is 0 Å². The number of ether oxygens (including phenoxy) is 1. The predicted octanol–water partition coefficient (Wildman–Crippen LogP) is 2.95. The van der Waals surface area contributed by atoms with E-state index in [4.69, 9.17) is 21.1 Å². The highest BCUT2D eigenvalue weighted by Crippen LogP contribution is 2.30. The SMILES string of the molecule is COc1ccc(S(=O)(=O)Oc2ccccc2/C=C2/SC(=S)NC2=O)cc1. The molecule has 1 heterocycles. The van der Waals surface area contributed by atoms with Gasteiger partial charge in [-0.25, -0.2) is 0 Å². The molecule has 3 rings (SSSR count). The van der Waals surface area contributed by atoms with Crippen LogP contribution in [0.2, 0.25) is 0 Å². The van der Waals surface area contributed by atoms with Gasteiger partial charge in [0.1, 0.15) is 20.7 Å². The summed E-state index contributed by atoms with van der Waals surface area (Å²) in [4.78, 5) is 12.2. The van der Waals surface area contributed by atoms with Crippen molar-refractivity contribution in [2.75, 3.05) is 7.11 Å². The smallest absolute Gasteiger partial charge is 0.339 e. The predicted molar refractivity (Wildman–Crippen MR) is 104 cm³/mol. The Kier molecular flexibility index (Phi) is 5.30. The lowest BCUT2D eigenvalue weighted by atomic mass is 10.2. The van der Waals surface area contributed by atoms with E-state index in [0.29, 0.717) is 20.5 Å². The highest BCUT2D eigenvalue weighted by atomic mass is 32.2. The minimum absolute atomic E-state index is 0.00471. The zero-order valence-electron chi connectivity index (χ0n) is 13.5. The van der Waals surface area contributed by atoms with Gasteiger partial charge in [-0.2, -0.15) is 8.42 Å². The lowest BCUT2D eigenvalue weighted by molar-refractivity contribution is -0.115. The summed E-state index contributed by atoms with van der Waals surface area (Å²) in [7, 11) is -2.54. The van der Waals surface area contributed by atoms with Crippen molar-refractivity contribution in [3.8, 4) is 11.5 Å². The first-order valence-corrected chi connectivity index (χ1v) is 9.95. The molecule has 1 N–H and O–H groups in total. The normalized spacial score (nSPS) is 15.8. The summed E-state index contributed by atoms with van der Waals surface area (Å²) in [6.07, 6.45) is 1.54. The van der Waals surface area contributed by atoms with E-state index in [1.165, 1.54) is 43.5 Å². The quantitative estimate of drug-likeness (QED) is 0.464. The molecule has 2 aromatic rings. The van der Waals surface area contributed by atoms with E-state index in [1.54, 1.807) is 18.2 Å². The highest BCUT2D eigenvalue weighted by molar-refractivity contribution is 8.26. The first-order valence-electron chi connectivity index (χ1n) is 7.31. The number of thiocarbonyl (C=S) groups is 1. The number of benzene rings is 2. The van der Waals surface area contributed by atoms with Gasteiger partial charge in [-0.05, 0) is 36.4 Å². The van der Waals surface area contributed by atoms with E-state index >= 15 is 0 Å². The monoisotopic (exact) mass is 407 g/mol. The van der Waals surface area contributed by atoms with Gasteiger partial charge in [0.15, 0.2) is 0 Å². The summed E-state index contributed by atoms with van der Waals surface area (Å²) >= 11 is 6.06. The fourth-order valence-corrected chi connectivity index (χ4v) is 4.14. The Morgan fingerprint density at radius 1 is 1.12 bits per heavy atom. The Morgan fingerprint density at radius 3 is 2.42 bits per heavy atom. The van der Waals surface area contributed by atoms with Crippen LogP contribution in [0.1, 0.15) is 5.56 Å². The van der Waals surface area contributed by atoms with Crippen LogP contribution in [-0.4, -0.2) is 25.8 Å². The Labute approximate surface area is 160 Å². The minimum Gasteiger partial charge on any atom is -0.497 e. The molecule has 2 aromatic carbocycles. The van der Waals surface area contributed by atoms with Crippen molar-refractivity contribution in [1.29, 1.82) is 0 Å². The third-order valence-corrected chi connectivity index (χ3v) is 5.81. The number of methoxy groups -OCH3 is 1. The molecule has 0 saturated carbocycles. The highest BCUT2D eigenvalue weighted by Gasteiger charge is 2.23. The van der Waals surface area contributed by atoms with Gasteiger partial charge in [-0.1, -0.05) is 42.2 Å². The van der Waals surface area contributed by atoms with Crippen molar-refractivity contribution < 1.29 is 22.1 Å². The van der Waals surface area contributed by atoms with Crippen molar-refractivity contribution in [1.82, 2.24) is 5.32 Å². The molecule has 9 heteroatoms. The van der Waals surface area contributed by atoms with Gasteiger partial charge in [0.2, 0.25) is 0 Å². The molecule has 134 valence electrons. The third-order valence-electron chi connectivity index (χ3n) is 3.40. The van der Waals surface area contributed by atoms with E-state index in [2.05, 4.69) is 5.32 Å². The first-order chi connectivity index (χ1) is 12.4. The summed E-state index contributed by atoms with van der Waals surface area (Å²) in [6.45, 7) is 0. The molecule has 26 heavy (non-hydrogen) atoms. The number of amides is 1. The number of rotatable bonds is 5. The molecule has 1 amide bonds. The van der Waals surface area contributed by atoms with Gasteiger partial charge < -0.3 is 14.2 Å². The summed E-state index contributed by atoms with van der Waals surface area (Å²) in [5, 5.41) is 2.51. The van der Waals surface area contributed by atoms with E-state index < -0.39 is 10.1 Å². The molecule has 6 nitrogen and oxygen atoms in total. The largest absolute Gasteiger partial charge is 0.497 e. The maximum Gasteiger partial charge on any atom is 0.339 e. The van der Waals surface area contributed by atoms with Crippen LogP contribution in [0.25, 0.3) is 6.08 Å². The fraction of sp³-hybridized carbons (Fsp3) is 0.0588. The lowest BCUT2D eigenvalue weighted by Crippen LogP contribution is -2.17. The Balaban J connectivity index is 1.91. The van der Waals surface area contributed by atoms with Gasteiger partial charge in [0.25, 0.3) is 5.91 Å². The van der Waals surface area contributed by atoms with Crippen LogP contribution >= 0.6 is 24.0 Å². The lowest BCUT2D eigenvalue weighted by Gasteiger charge is -2.10. The Hall–Kier alpha value is -2.36. The van der Waals surface area contributed by atoms with Crippen molar-refractivity contribution in [3.63, 3.8) is 0 Å². The molecule has 0 bridgehead atoms. The van der Waals surface area contributed by atoms with Gasteiger partial charge in [0.05, 0.1) is 12.0 Å². The van der Waals surface area contributed by atoms with Gasteiger partial charge >= 0.3 is 10.1 Å². The van der Waals surface area contributed by atoms with Crippen molar-refractivity contribution in [2.24, 2.45) is 0 Å². The molecule has 0 aromatic heterocycles. The number of para-hydroxylation sites is 1. The second kappa shape index (κ2) is 7.48. The van der Waals surface area contributed by atoms with Gasteiger partial charge in [-0.3, -0.25) is 4.79 Å². The standard InChI is InChI=1S/C17H13NO5S3/c1-22-12-6-8-13(9-7-12)26(20,21)23-14-5-3-2-4-11(14)10-15-16(19)18-17(24)25-15/h2-10H,1H3,(H,18,19,24)/b15-10+. The summed E-state index contributed by atoms with van der Waals surface area (Å²) in [6, 6.07) is 12.4. The van der Waals surface area contributed by atoms with Crippen LogP contribution in [0.5, 0.6) is 11.5 Å². The van der Waals surface area contributed by atoms with Crippen LogP contribution in [0, 0.1) is 0 Å². The van der Waals surface area contributed by atoms with Crippen LogP contribution in [-0.2, 0) is 14.9 Å². The zero-order valence-corrected chi connectivity index (χ0v) is 15.9. The van der Waals surface area contributed by atoms with Crippen LogP contribution in [0.4, 0.5) is 0 Å². The summed E-state index contributed by atoms with van der Waals surface area (Å²) in [5.74, 6) is 0.323. The molecule has 1 aliphatic rings. The fourth-order valence-electron chi connectivity index (χ4n) is 2.15. The van der Waals surface area contributed by atoms with Crippen LogP contribution in [0.15, 0.2) is 58.3 Å². The molecule has 0 unspecified atom stereocenters. The topological polar surface area (TPSA) is 81.7 Å². The molecule has 1 saturated heterocycles. The summed E-state index contributed by atoms with van der Waals surface area (Å²) in [5.41, 5.74) is 0.451. The van der Waals surface area contributed by atoms with E-state index in [9.17, 15) is 13.2 Å². The molecule has 0 aliphatic carbocycles. The zero-order chi connectivity index (χ0) is 18.7. The number of thioether (sulfide) groups is 1. The van der Waals surface area contributed by atoms with Crippen molar-refractivity contribution in [3.05, 3.63) is 59.0 Å². The maximum absolute atomic E-state index is 12.5. The van der Waals surface area contributed by atoms with Crippen LogP contribution < -0.4 is 14.2 Å². The molecule has 1 aliphatic heterocycles. The molecule has 0 radical (unpaired) electrons. The minimum atomic E-state index is -4.04. The number of carbonyl (C=O) groups excluding carboxylic acids is 1. The second-order valence-electron chi connectivity index (χ2n) is 5.10. The number of nitrogens with one attached hydrogen (secondary N) is 1. The molecule has 1 fully saturated rings. The molecular weight excluding hydrogens is 394 g/mol. The average Bonchev–Trinajstić information content (AvgIpc) is 2.93. The number of hydrogen-bond donors (Lipinski definition) is 1. The number of hydrogen-bond acceptors (Lipinski definition) is 7. The second-order valence-corrected chi connectivity index (χ2v) is 8.37. The average molecular weight is 407 g/mol. The van der Waals surface area contributed by atoms with Crippen molar-refractivity contribution in [2.45, 2.75) is 4.90 Å². The Bertz CT molecular complexity index is 997. The number of carbonyl (C=O) groups is 1. The van der Waals surface area contributed by atoms with E-state index in [1.807, 2.05) is 0 Å². The molecule has 0 atom stereocenters. The van der Waals surface area contributed by atoms with E-state index in [-0.39, 0.29) is 16.6 Å². The van der Waals surface area contributed by atoms with E-state index in [0.717, 1.165) is 11.8 Å². The van der Waals surface area contributed by atoms with Crippen molar-refractivity contribution >= 4 is 50.4 Å².